The summed E-state index contributed by atoms with van der Waals surface area (Å²) in [6.45, 7) is 0. The maximum atomic E-state index is 13.1. The molecule has 4 rings (SSSR count). The summed E-state index contributed by atoms with van der Waals surface area (Å²) in [5.41, 5.74) is -0.0689. The smallest absolute Gasteiger partial charge is 0.307 e. The lowest BCUT2D eigenvalue weighted by molar-refractivity contribution is -0.126. The number of fused-ring (bicyclic) bond motifs is 2. The van der Waals surface area contributed by atoms with E-state index in [2.05, 4.69) is 5.32 Å². The van der Waals surface area contributed by atoms with E-state index in [9.17, 15) is 14.4 Å². The van der Waals surface area contributed by atoms with Gasteiger partial charge < -0.3 is 10.2 Å². The summed E-state index contributed by atoms with van der Waals surface area (Å²) < 4.78 is 0. The van der Waals surface area contributed by atoms with Crippen LogP contribution in [0.1, 0.15) is 15.9 Å². The zero-order valence-corrected chi connectivity index (χ0v) is 12.3. The van der Waals surface area contributed by atoms with Crippen molar-refractivity contribution in [1.82, 2.24) is 10.2 Å². The Bertz CT molecular complexity index is 849. The van der Waals surface area contributed by atoms with Gasteiger partial charge in [0.25, 0.3) is 11.8 Å². The van der Waals surface area contributed by atoms with Gasteiger partial charge in [-0.1, -0.05) is 36.4 Å². The van der Waals surface area contributed by atoms with Gasteiger partial charge in [0, 0.05) is 18.2 Å². The fourth-order valence-corrected chi connectivity index (χ4v) is 3.24. The molecule has 0 bridgehead atoms. The Morgan fingerprint density at radius 3 is 2.30 bits per heavy atom. The fourth-order valence-electron chi connectivity index (χ4n) is 3.24. The van der Waals surface area contributed by atoms with Crippen molar-refractivity contribution >= 4 is 23.5 Å². The highest BCUT2D eigenvalue weighted by atomic mass is 16.2. The second-order valence-corrected chi connectivity index (χ2v) is 5.53. The molecule has 0 radical (unpaired) electrons. The van der Waals surface area contributed by atoms with Crippen molar-refractivity contribution in [3.8, 4) is 0 Å². The highest BCUT2D eigenvalue weighted by Gasteiger charge is 2.61. The molecule has 2 aromatic carbocycles. The molecule has 4 amide bonds. The normalized spacial score (nSPS) is 22.7. The van der Waals surface area contributed by atoms with Gasteiger partial charge in [0.2, 0.25) is 5.66 Å². The molecule has 23 heavy (non-hydrogen) atoms. The van der Waals surface area contributed by atoms with E-state index in [0.29, 0.717) is 16.8 Å². The molecule has 6 nitrogen and oxygen atoms in total. The van der Waals surface area contributed by atoms with Crippen LogP contribution in [0.3, 0.4) is 0 Å². The van der Waals surface area contributed by atoms with Gasteiger partial charge in [-0.2, -0.15) is 0 Å². The van der Waals surface area contributed by atoms with Crippen LogP contribution < -0.4 is 10.2 Å². The zero-order chi connectivity index (χ0) is 16.2. The Hall–Kier alpha value is -3.15. The summed E-state index contributed by atoms with van der Waals surface area (Å²) in [4.78, 5) is 40.4. The third kappa shape index (κ3) is 1.55. The molecule has 1 spiro atoms. The second kappa shape index (κ2) is 4.42. The first-order chi connectivity index (χ1) is 11.1. The van der Waals surface area contributed by atoms with E-state index >= 15 is 0 Å². The summed E-state index contributed by atoms with van der Waals surface area (Å²) >= 11 is 0. The van der Waals surface area contributed by atoms with Crippen LogP contribution >= 0.6 is 0 Å². The van der Waals surface area contributed by atoms with Crippen LogP contribution in [-0.4, -0.2) is 29.8 Å². The lowest BCUT2D eigenvalue weighted by atomic mass is 9.98. The van der Waals surface area contributed by atoms with Gasteiger partial charge in [0.15, 0.2) is 0 Å². The molecule has 1 N–H and O–H groups in total. The van der Waals surface area contributed by atoms with Crippen LogP contribution in [0.2, 0.25) is 0 Å². The van der Waals surface area contributed by atoms with Crippen molar-refractivity contribution in [3.63, 3.8) is 0 Å². The molecule has 114 valence electrons. The molecule has 6 heteroatoms. The highest BCUT2D eigenvalue weighted by molar-refractivity contribution is 6.26. The van der Waals surface area contributed by atoms with Crippen LogP contribution in [0.25, 0.3) is 0 Å². The van der Waals surface area contributed by atoms with E-state index in [-0.39, 0.29) is 5.91 Å². The third-order valence-electron chi connectivity index (χ3n) is 4.37. The van der Waals surface area contributed by atoms with Crippen molar-refractivity contribution in [2.45, 2.75) is 5.66 Å². The van der Waals surface area contributed by atoms with E-state index in [0.717, 1.165) is 4.90 Å². The highest BCUT2D eigenvalue weighted by Crippen LogP contribution is 2.41. The Morgan fingerprint density at radius 2 is 1.57 bits per heavy atom. The predicted octanol–water partition coefficient (Wildman–Crippen LogP) is 1.68. The number of carbonyl (C=O) groups is 3. The molecular weight excluding hydrogens is 294 g/mol. The molecule has 2 aliphatic rings. The first kappa shape index (κ1) is 13.5. The Balaban J connectivity index is 1.90. The van der Waals surface area contributed by atoms with Crippen LogP contribution in [0.4, 0.5) is 10.5 Å². The number of hydrogen-bond donors (Lipinski definition) is 1. The van der Waals surface area contributed by atoms with E-state index in [1.807, 2.05) is 0 Å². The van der Waals surface area contributed by atoms with Gasteiger partial charge in [0.1, 0.15) is 0 Å². The van der Waals surface area contributed by atoms with Gasteiger partial charge in [-0.05, 0) is 18.2 Å². The molecule has 1 atom stereocenters. The van der Waals surface area contributed by atoms with Crippen molar-refractivity contribution in [3.05, 3.63) is 65.7 Å². The molecule has 0 aliphatic carbocycles. The zero-order valence-electron chi connectivity index (χ0n) is 12.3. The van der Waals surface area contributed by atoms with Crippen molar-refractivity contribution in [1.29, 1.82) is 0 Å². The minimum absolute atomic E-state index is 0.288. The maximum Gasteiger partial charge on any atom is 0.331 e. The van der Waals surface area contributed by atoms with Crippen molar-refractivity contribution < 1.29 is 14.4 Å². The lowest BCUT2D eigenvalue weighted by Crippen LogP contribution is -2.54. The van der Waals surface area contributed by atoms with Crippen LogP contribution in [0, 0.1) is 0 Å². The number of anilines is 1. The molecule has 1 fully saturated rings. The first-order valence-corrected chi connectivity index (χ1v) is 7.17. The Morgan fingerprint density at radius 1 is 0.913 bits per heavy atom. The van der Waals surface area contributed by atoms with Gasteiger partial charge in [-0.3, -0.25) is 9.59 Å². The third-order valence-corrected chi connectivity index (χ3v) is 4.37. The minimum Gasteiger partial charge on any atom is -0.307 e. The molecule has 2 aromatic rings. The van der Waals surface area contributed by atoms with Crippen molar-refractivity contribution in [2.24, 2.45) is 0 Å². The molecule has 2 heterocycles. The van der Waals surface area contributed by atoms with E-state index < -0.39 is 17.6 Å². The summed E-state index contributed by atoms with van der Waals surface area (Å²) in [5.74, 6) is -0.765. The fraction of sp³-hybridized carbons (Fsp3) is 0.118. The Kier molecular flexibility index (Phi) is 2.60. The summed E-state index contributed by atoms with van der Waals surface area (Å²) in [5, 5.41) is 2.71. The molecule has 0 saturated carbocycles. The lowest BCUT2D eigenvalue weighted by Gasteiger charge is -2.29. The number of amides is 4. The van der Waals surface area contributed by atoms with Gasteiger partial charge in [0.05, 0.1) is 5.69 Å². The number of carbonyl (C=O) groups excluding carboxylic acids is 3. The van der Waals surface area contributed by atoms with Crippen LogP contribution in [0.5, 0.6) is 0 Å². The van der Waals surface area contributed by atoms with Crippen LogP contribution in [-0.2, 0) is 10.5 Å². The average molecular weight is 307 g/mol. The maximum absolute atomic E-state index is 13.1. The van der Waals surface area contributed by atoms with Crippen LogP contribution in [0.15, 0.2) is 54.6 Å². The number of rotatable bonds is 1. The largest absolute Gasteiger partial charge is 0.331 e. The molecule has 2 aliphatic heterocycles. The topological polar surface area (TPSA) is 69.7 Å². The minimum atomic E-state index is -1.47. The van der Waals surface area contributed by atoms with E-state index in [4.69, 9.17) is 0 Å². The molecule has 1 unspecified atom stereocenters. The van der Waals surface area contributed by atoms with E-state index in [1.165, 1.54) is 11.9 Å². The number of nitrogens with zero attached hydrogens (tertiary/aromatic N) is 2. The number of likely N-dealkylation sites (N-methyl/N-ethyl adjacent to an activating group) is 1. The average Bonchev–Trinajstić information content (AvgIpc) is 2.96. The quantitative estimate of drug-likeness (QED) is 0.815. The number of nitrogens with one attached hydrogen (secondary N) is 1. The summed E-state index contributed by atoms with van der Waals surface area (Å²) in [6, 6.07) is 15.0. The van der Waals surface area contributed by atoms with Gasteiger partial charge >= 0.3 is 6.03 Å². The second-order valence-electron chi connectivity index (χ2n) is 5.53. The predicted molar refractivity (Wildman–Crippen MR) is 82.7 cm³/mol. The number of benzene rings is 2. The SMILES string of the molecule is CN1C(=O)c2ccccc2C12NC(=O)N(c1ccccc1)C2=O. The number of imide groups is 1. The van der Waals surface area contributed by atoms with E-state index in [1.54, 1.807) is 54.6 Å². The van der Waals surface area contributed by atoms with Gasteiger partial charge in [-0.25, -0.2) is 9.69 Å². The monoisotopic (exact) mass is 307 g/mol. The Labute approximate surface area is 132 Å². The summed E-state index contributed by atoms with van der Waals surface area (Å²) in [6.07, 6.45) is 0. The molecule has 0 aromatic heterocycles. The van der Waals surface area contributed by atoms with Gasteiger partial charge in [-0.15, -0.1) is 0 Å². The number of urea groups is 1. The standard InChI is InChI=1S/C17H13N3O3/c1-19-14(21)12-9-5-6-10-13(12)17(19)15(22)20(16(23)18-17)11-7-3-2-4-8-11/h2-10H,1H3,(H,18,23). The molecule has 1 saturated heterocycles. The molecular formula is C17H13N3O3. The first-order valence-electron chi connectivity index (χ1n) is 7.17. The summed E-state index contributed by atoms with van der Waals surface area (Å²) in [7, 11) is 1.52. The number of hydrogen-bond acceptors (Lipinski definition) is 3. The number of para-hydroxylation sites is 1. The van der Waals surface area contributed by atoms with Crippen molar-refractivity contribution in [2.75, 3.05) is 11.9 Å².